The minimum atomic E-state index is -5.70. The maximum atomic E-state index is 12.9. The Kier molecular flexibility index (Phi) is 6.61. The normalized spacial score (nSPS) is 14.9. The molecule has 0 saturated carbocycles. The zero-order valence-electron chi connectivity index (χ0n) is 16.2. The Morgan fingerprint density at radius 1 is 1.13 bits per heavy atom. The van der Waals surface area contributed by atoms with Gasteiger partial charge in [0.05, 0.1) is 5.69 Å². The van der Waals surface area contributed by atoms with Gasteiger partial charge in [0.2, 0.25) is 5.44 Å². The first-order chi connectivity index (χ1) is 14.7. The zero-order valence-corrected chi connectivity index (χ0v) is 17.0. The molecule has 1 heterocycles. The van der Waals surface area contributed by atoms with Crippen LogP contribution in [0.15, 0.2) is 53.0 Å². The molecule has 164 valence electrons. The molecule has 2 aromatic rings. The Morgan fingerprint density at radius 2 is 1.81 bits per heavy atom. The highest BCUT2D eigenvalue weighted by Crippen LogP contribution is 2.34. The third-order valence-corrected chi connectivity index (χ3v) is 6.41. The minimum Gasteiger partial charge on any atom is -0.447 e. The maximum Gasteiger partial charge on any atom is 0.501 e. The number of ether oxygens (including phenoxy) is 1. The molecule has 1 atom stereocenters. The molecule has 1 aliphatic heterocycles. The lowest BCUT2D eigenvalue weighted by Crippen LogP contribution is -2.36. The van der Waals surface area contributed by atoms with Crippen molar-refractivity contribution in [2.24, 2.45) is 10.7 Å². The molecule has 31 heavy (non-hydrogen) atoms. The number of carbonyl (C=O) groups is 1. The topological polar surface area (TPSA) is 98.8 Å². The number of halogens is 3. The highest BCUT2D eigenvalue weighted by molar-refractivity contribution is 7.92. The zero-order chi connectivity index (χ0) is 22.6. The van der Waals surface area contributed by atoms with Gasteiger partial charge in [-0.3, -0.25) is 9.79 Å². The summed E-state index contributed by atoms with van der Waals surface area (Å²) in [5.74, 6) is 0. The smallest absolute Gasteiger partial charge is 0.447 e. The summed E-state index contributed by atoms with van der Waals surface area (Å²) in [4.78, 5) is 14.9. The maximum absolute atomic E-state index is 12.9. The predicted octanol–water partition coefficient (Wildman–Crippen LogP) is 4.13. The van der Waals surface area contributed by atoms with Crippen LogP contribution >= 0.6 is 0 Å². The van der Waals surface area contributed by atoms with Crippen molar-refractivity contribution < 1.29 is 31.1 Å². The van der Waals surface area contributed by atoms with E-state index >= 15 is 0 Å². The first kappa shape index (κ1) is 22.7. The minimum absolute atomic E-state index is 0.112. The van der Waals surface area contributed by atoms with Crippen molar-refractivity contribution in [3.05, 3.63) is 59.2 Å². The van der Waals surface area contributed by atoms with E-state index in [9.17, 15) is 26.4 Å². The van der Waals surface area contributed by atoms with E-state index in [-0.39, 0.29) is 12.9 Å². The highest BCUT2D eigenvalue weighted by atomic mass is 32.2. The summed E-state index contributed by atoms with van der Waals surface area (Å²) in [6.07, 6.45) is 2.54. The third kappa shape index (κ3) is 5.02. The number of carbonyl (C=O) groups excluding carboxylic acids is 1. The van der Waals surface area contributed by atoms with E-state index in [1.165, 1.54) is 6.21 Å². The van der Waals surface area contributed by atoms with Crippen LogP contribution in [0.2, 0.25) is 0 Å². The fourth-order valence-electron chi connectivity index (χ4n) is 3.14. The van der Waals surface area contributed by atoms with Crippen LogP contribution in [-0.4, -0.2) is 32.0 Å². The fourth-order valence-corrected chi connectivity index (χ4v) is 4.06. The first-order valence-electron chi connectivity index (χ1n) is 9.20. The molecule has 0 spiro atoms. The van der Waals surface area contributed by atoms with Gasteiger partial charge in [0.1, 0.15) is 0 Å². The van der Waals surface area contributed by atoms with E-state index in [4.69, 9.17) is 5.73 Å². The van der Waals surface area contributed by atoms with Gasteiger partial charge in [0.25, 0.3) is 16.3 Å². The van der Waals surface area contributed by atoms with Gasteiger partial charge in [0, 0.05) is 31.2 Å². The number of rotatable bonds is 7. The van der Waals surface area contributed by atoms with Gasteiger partial charge in [-0.1, -0.05) is 42.0 Å². The summed E-state index contributed by atoms with van der Waals surface area (Å²) >= 11 is 0. The van der Waals surface area contributed by atoms with Crippen LogP contribution in [0.1, 0.15) is 24.0 Å². The number of aliphatic imine (C=N–C) groups is 1. The lowest BCUT2D eigenvalue weighted by Gasteiger charge is -2.18. The van der Waals surface area contributed by atoms with Gasteiger partial charge in [-0.25, -0.2) is 8.42 Å². The lowest BCUT2D eigenvalue weighted by atomic mass is 9.99. The molecule has 2 aromatic carbocycles. The lowest BCUT2D eigenvalue weighted by molar-refractivity contribution is -0.130. The van der Waals surface area contributed by atoms with Gasteiger partial charge < -0.3 is 10.5 Å². The number of alkyl halides is 3. The molecule has 10 heteroatoms. The molecule has 1 unspecified atom stereocenters. The molecule has 1 aliphatic rings. The van der Waals surface area contributed by atoms with Gasteiger partial charge in [0.15, 0.2) is 0 Å². The van der Waals surface area contributed by atoms with Crippen molar-refractivity contribution in [1.29, 1.82) is 0 Å². The van der Waals surface area contributed by atoms with Gasteiger partial charge >= 0.3 is 5.51 Å². The molecular formula is C21H19F3N2O4S. The summed E-state index contributed by atoms with van der Waals surface area (Å²) in [5, 5.41) is 0. The molecule has 0 aromatic heterocycles. The van der Waals surface area contributed by atoms with Crippen molar-refractivity contribution in [2.45, 2.75) is 30.3 Å². The van der Waals surface area contributed by atoms with Crippen molar-refractivity contribution in [1.82, 2.24) is 0 Å². The molecule has 0 saturated heterocycles. The Hall–Kier alpha value is -2.98. The van der Waals surface area contributed by atoms with Crippen LogP contribution in [0.25, 0.3) is 17.2 Å². The second-order valence-corrected chi connectivity index (χ2v) is 8.93. The first-order valence-corrected chi connectivity index (χ1v) is 10.7. The van der Waals surface area contributed by atoms with Gasteiger partial charge in [-0.15, -0.1) is 0 Å². The van der Waals surface area contributed by atoms with E-state index in [0.717, 1.165) is 16.7 Å². The standard InChI is InChI=1S/C21H19F3N2O4S/c22-21(23,24)31(28,29)20(30-13-27)10-15-7-8-26-19-6-5-17(11-18(19)9-15)16-3-1-14(12-25)2-4-16/h1-6,8-9,11,13,20H,7,10,12,25H2. The van der Waals surface area contributed by atoms with E-state index < -0.39 is 27.2 Å². The largest absolute Gasteiger partial charge is 0.501 e. The van der Waals surface area contributed by atoms with Crippen molar-refractivity contribution in [2.75, 3.05) is 0 Å². The number of hydrogen-bond donors (Lipinski definition) is 1. The average molecular weight is 452 g/mol. The van der Waals surface area contributed by atoms with Gasteiger partial charge in [-0.05, 0) is 28.8 Å². The van der Waals surface area contributed by atoms with Crippen LogP contribution < -0.4 is 5.73 Å². The second kappa shape index (κ2) is 9.03. The number of benzene rings is 2. The molecule has 0 fully saturated rings. The predicted molar refractivity (Wildman–Crippen MR) is 111 cm³/mol. The molecule has 0 radical (unpaired) electrons. The van der Waals surface area contributed by atoms with E-state index in [1.807, 2.05) is 36.4 Å². The molecule has 0 bridgehead atoms. The van der Waals surface area contributed by atoms with Crippen LogP contribution in [0.4, 0.5) is 18.9 Å². The van der Waals surface area contributed by atoms with E-state index in [0.29, 0.717) is 23.4 Å². The van der Waals surface area contributed by atoms with Crippen molar-refractivity contribution in [3.63, 3.8) is 0 Å². The van der Waals surface area contributed by atoms with Crippen molar-refractivity contribution in [3.8, 4) is 11.1 Å². The van der Waals surface area contributed by atoms with Crippen LogP contribution in [-0.2, 0) is 25.9 Å². The van der Waals surface area contributed by atoms with E-state index in [2.05, 4.69) is 9.73 Å². The highest BCUT2D eigenvalue weighted by Gasteiger charge is 2.52. The second-order valence-electron chi connectivity index (χ2n) is 6.85. The SMILES string of the molecule is NCc1ccc(-c2ccc3c(c2)C=C(CC(OC=O)S(=O)(=O)C(F)(F)F)CC=N3)cc1. The third-order valence-electron chi connectivity index (χ3n) is 4.80. The number of nitrogens with zero attached hydrogens (tertiary/aromatic N) is 1. The Morgan fingerprint density at radius 3 is 2.42 bits per heavy atom. The van der Waals surface area contributed by atoms with Crippen LogP contribution in [0.5, 0.6) is 0 Å². The van der Waals surface area contributed by atoms with Crippen LogP contribution in [0.3, 0.4) is 0 Å². The molecule has 3 rings (SSSR count). The quantitative estimate of drug-likeness (QED) is 0.637. The van der Waals surface area contributed by atoms with Crippen molar-refractivity contribution >= 4 is 34.3 Å². The summed E-state index contributed by atoms with van der Waals surface area (Å²) in [5.41, 5.74) is 1.96. The Balaban J connectivity index is 1.95. The molecular weight excluding hydrogens is 433 g/mol. The Bertz CT molecular complexity index is 1120. The summed E-state index contributed by atoms with van der Waals surface area (Å²) < 4.78 is 66.6. The van der Waals surface area contributed by atoms with Crippen LogP contribution in [0, 0.1) is 0 Å². The molecule has 2 N–H and O–H groups in total. The number of nitrogens with two attached hydrogens (primary N) is 1. The number of sulfone groups is 1. The summed E-state index contributed by atoms with van der Waals surface area (Å²) in [7, 11) is -5.70. The Labute approximate surface area is 177 Å². The van der Waals surface area contributed by atoms with Gasteiger partial charge in [-0.2, -0.15) is 13.2 Å². The molecule has 0 aliphatic carbocycles. The molecule has 6 nitrogen and oxygen atoms in total. The van der Waals surface area contributed by atoms with E-state index in [1.54, 1.807) is 12.1 Å². The average Bonchev–Trinajstić information content (AvgIpc) is 2.93. The molecule has 0 amide bonds. The summed E-state index contributed by atoms with van der Waals surface area (Å²) in [6, 6.07) is 13.0. The monoisotopic (exact) mass is 452 g/mol. The number of hydrogen-bond acceptors (Lipinski definition) is 6. The fraction of sp³-hybridized carbons (Fsp3) is 0.238. The summed E-state index contributed by atoms with van der Waals surface area (Å²) in [6.45, 7) is 0.118. The number of fused-ring (bicyclic) bond motifs is 1.